The van der Waals surface area contributed by atoms with E-state index in [1.165, 1.54) is 21.9 Å². The van der Waals surface area contributed by atoms with Gasteiger partial charge in [0.25, 0.3) is 0 Å². The summed E-state index contributed by atoms with van der Waals surface area (Å²) in [6.45, 7) is 3.18. The molecule has 0 amide bonds. The molecule has 3 aromatic rings. The van der Waals surface area contributed by atoms with Gasteiger partial charge >= 0.3 is 5.97 Å². The maximum absolute atomic E-state index is 10.6. The zero-order chi connectivity index (χ0) is 19.1. The lowest BCUT2D eigenvalue weighted by Gasteiger charge is -2.16. The van der Waals surface area contributed by atoms with Crippen molar-refractivity contribution in [3.8, 4) is 0 Å². The summed E-state index contributed by atoms with van der Waals surface area (Å²) in [6.07, 6.45) is 2.88. The Labute approximate surface area is 161 Å². The van der Waals surface area contributed by atoms with Crippen LogP contribution in [-0.2, 0) is 17.6 Å². The summed E-state index contributed by atoms with van der Waals surface area (Å²) in [5.74, 6) is -0.745. The van der Waals surface area contributed by atoms with Gasteiger partial charge in [-0.05, 0) is 60.2 Å². The Morgan fingerprint density at radius 2 is 1.59 bits per heavy atom. The predicted octanol–water partition coefficient (Wildman–Crippen LogP) is 5.14. The summed E-state index contributed by atoms with van der Waals surface area (Å²) in [6, 6.07) is 23.7. The molecule has 3 aromatic carbocycles. The minimum Gasteiger partial charge on any atom is -0.481 e. The Bertz CT molecular complexity index is 881. The summed E-state index contributed by atoms with van der Waals surface area (Å²) in [4.78, 5) is 10.6. The van der Waals surface area contributed by atoms with Gasteiger partial charge in [0.15, 0.2) is 0 Å². The Morgan fingerprint density at radius 3 is 2.33 bits per heavy atom. The number of hydrogen-bond donors (Lipinski definition) is 2. The Morgan fingerprint density at radius 1 is 0.926 bits per heavy atom. The quantitative estimate of drug-likeness (QED) is 0.519. The third kappa shape index (κ3) is 5.41. The summed E-state index contributed by atoms with van der Waals surface area (Å²) in [5.41, 5.74) is 3.73. The normalized spacial score (nSPS) is 12.2. The second kappa shape index (κ2) is 9.33. The van der Waals surface area contributed by atoms with Gasteiger partial charge in [0.1, 0.15) is 0 Å². The number of aliphatic carboxylic acids is 1. The number of aryl methyl sites for hydroxylation is 2. The van der Waals surface area contributed by atoms with Crippen LogP contribution in [0.2, 0.25) is 0 Å². The average Bonchev–Trinajstić information content (AvgIpc) is 2.70. The first-order valence-electron chi connectivity index (χ1n) is 9.64. The standard InChI is InChI=1S/C24H27NO2/c1-18(22-10-4-8-21-7-2-3-9-23(21)22)25-17-5-6-19-11-13-20(14-12-19)15-16-24(26)27/h2-4,7-14,18,25H,5-6,15-17H2,1H3,(H,26,27). The van der Waals surface area contributed by atoms with Crippen LogP contribution in [0.1, 0.15) is 42.5 Å². The second-order valence-corrected chi connectivity index (χ2v) is 7.06. The van der Waals surface area contributed by atoms with E-state index >= 15 is 0 Å². The molecule has 0 saturated carbocycles. The van der Waals surface area contributed by atoms with Gasteiger partial charge in [0, 0.05) is 12.5 Å². The first-order chi connectivity index (χ1) is 13.1. The lowest BCUT2D eigenvalue weighted by Crippen LogP contribution is -2.20. The smallest absolute Gasteiger partial charge is 0.303 e. The van der Waals surface area contributed by atoms with Gasteiger partial charge in [-0.2, -0.15) is 0 Å². The topological polar surface area (TPSA) is 49.3 Å². The SMILES string of the molecule is CC(NCCCc1ccc(CCC(=O)O)cc1)c1cccc2ccccc12. The molecule has 1 atom stereocenters. The maximum Gasteiger partial charge on any atom is 0.303 e. The molecule has 0 aliphatic carbocycles. The number of benzene rings is 3. The molecule has 0 bridgehead atoms. The van der Waals surface area contributed by atoms with Crippen molar-refractivity contribution in [3.63, 3.8) is 0 Å². The third-order valence-electron chi connectivity index (χ3n) is 5.03. The van der Waals surface area contributed by atoms with Crippen LogP contribution in [0.3, 0.4) is 0 Å². The minimum atomic E-state index is -0.745. The van der Waals surface area contributed by atoms with E-state index in [0.29, 0.717) is 12.5 Å². The van der Waals surface area contributed by atoms with Crippen molar-refractivity contribution in [1.29, 1.82) is 0 Å². The van der Waals surface area contributed by atoms with Gasteiger partial charge in [-0.15, -0.1) is 0 Å². The molecule has 3 rings (SSSR count). The summed E-state index contributed by atoms with van der Waals surface area (Å²) >= 11 is 0. The highest BCUT2D eigenvalue weighted by atomic mass is 16.4. The van der Waals surface area contributed by atoms with E-state index in [9.17, 15) is 4.79 Å². The Balaban J connectivity index is 1.47. The summed E-state index contributed by atoms with van der Waals surface area (Å²) in [5, 5.41) is 15.0. The number of carboxylic acid groups (broad SMARTS) is 1. The van der Waals surface area contributed by atoms with E-state index in [-0.39, 0.29) is 6.42 Å². The fraction of sp³-hybridized carbons (Fsp3) is 0.292. The van der Waals surface area contributed by atoms with E-state index in [2.05, 4.69) is 66.8 Å². The van der Waals surface area contributed by atoms with Crippen LogP contribution in [0, 0.1) is 0 Å². The highest BCUT2D eigenvalue weighted by Crippen LogP contribution is 2.24. The molecule has 0 fully saturated rings. The molecule has 2 N–H and O–H groups in total. The maximum atomic E-state index is 10.6. The van der Waals surface area contributed by atoms with Crippen molar-refractivity contribution < 1.29 is 9.90 Å². The first-order valence-corrected chi connectivity index (χ1v) is 9.64. The zero-order valence-electron chi connectivity index (χ0n) is 15.8. The molecule has 0 aliphatic rings. The number of hydrogen-bond acceptors (Lipinski definition) is 2. The van der Waals surface area contributed by atoms with E-state index in [1.54, 1.807) is 0 Å². The van der Waals surface area contributed by atoms with Crippen LogP contribution in [0.15, 0.2) is 66.7 Å². The van der Waals surface area contributed by atoms with Crippen LogP contribution < -0.4 is 5.32 Å². The molecule has 27 heavy (non-hydrogen) atoms. The molecule has 0 aromatic heterocycles. The Hall–Kier alpha value is -2.65. The number of rotatable bonds is 9. The Kier molecular flexibility index (Phi) is 6.61. The van der Waals surface area contributed by atoms with Crippen molar-refractivity contribution in [2.24, 2.45) is 0 Å². The van der Waals surface area contributed by atoms with Gasteiger partial charge in [-0.3, -0.25) is 4.79 Å². The van der Waals surface area contributed by atoms with Gasteiger partial charge in [0.05, 0.1) is 0 Å². The fourth-order valence-corrected chi connectivity index (χ4v) is 3.47. The monoisotopic (exact) mass is 361 g/mol. The molecule has 140 valence electrons. The number of fused-ring (bicyclic) bond motifs is 1. The van der Waals surface area contributed by atoms with Crippen molar-refractivity contribution >= 4 is 16.7 Å². The first kappa shape index (κ1) is 19.1. The van der Waals surface area contributed by atoms with Crippen LogP contribution in [0.4, 0.5) is 0 Å². The molecular weight excluding hydrogens is 334 g/mol. The van der Waals surface area contributed by atoms with Crippen molar-refractivity contribution in [3.05, 3.63) is 83.4 Å². The molecule has 3 nitrogen and oxygen atoms in total. The highest BCUT2D eigenvalue weighted by Gasteiger charge is 2.08. The van der Waals surface area contributed by atoms with Crippen LogP contribution in [0.25, 0.3) is 10.8 Å². The van der Waals surface area contributed by atoms with Crippen molar-refractivity contribution in [2.45, 2.75) is 38.6 Å². The second-order valence-electron chi connectivity index (χ2n) is 7.06. The number of carboxylic acids is 1. The van der Waals surface area contributed by atoms with E-state index in [0.717, 1.165) is 24.9 Å². The molecule has 3 heteroatoms. The largest absolute Gasteiger partial charge is 0.481 e. The van der Waals surface area contributed by atoms with E-state index < -0.39 is 5.97 Å². The minimum absolute atomic E-state index is 0.190. The van der Waals surface area contributed by atoms with Crippen LogP contribution >= 0.6 is 0 Å². The number of carbonyl (C=O) groups is 1. The van der Waals surface area contributed by atoms with Gasteiger partial charge in [-0.1, -0.05) is 66.7 Å². The molecule has 0 saturated heterocycles. The van der Waals surface area contributed by atoms with Crippen molar-refractivity contribution in [1.82, 2.24) is 5.32 Å². The summed E-state index contributed by atoms with van der Waals surface area (Å²) in [7, 11) is 0. The lowest BCUT2D eigenvalue weighted by molar-refractivity contribution is -0.136. The van der Waals surface area contributed by atoms with Crippen molar-refractivity contribution in [2.75, 3.05) is 6.54 Å². The van der Waals surface area contributed by atoms with E-state index in [4.69, 9.17) is 5.11 Å². The molecule has 0 aliphatic heterocycles. The van der Waals surface area contributed by atoms with Crippen LogP contribution in [0.5, 0.6) is 0 Å². The molecule has 0 radical (unpaired) electrons. The number of nitrogens with one attached hydrogen (secondary N) is 1. The third-order valence-corrected chi connectivity index (χ3v) is 5.03. The molecular formula is C24H27NO2. The highest BCUT2D eigenvalue weighted by molar-refractivity contribution is 5.86. The van der Waals surface area contributed by atoms with E-state index in [1.807, 2.05) is 12.1 Å². The molecule has 0 heterocycles. The predicted molar refractivity (Wildman–Crippen MR) is 111 cm³/mol. The van der Waals surface area contributed by atoms with Gasteiger partial charge < -0.3 is 10.4 Å². The van der Waals surface area contributed by atoms with Crippen LogP contribution in [-0.4, -0.2) is 17.6 Å². The fourth-order valence-electron chi connectivity index (χ4n) is 3.47. The summed E-state index contributed by atoms with van der Waals surface area (Å²) < 4.78 is 0. The lowest BCUT2D eigenvalue weighted by atomic mass is 9.99. The zero-order valence-corrected chi connectivity index (χ0v) is 15.8. The van der Waals surface area contributed by atoms with Gasteiger partial charge in [-0.25, -0.2) is 0 Å². The molecule has 0 spiro atoms. The molecule has 1 unspecified atom stereocenters. The van der Waals surface area contributed by atoms with Gasteiger partial charge in [0.2, 0.25) is 0 Å². The average molecular weight is 361 g/mol.